The van der Waals surface area contributed by atoms with Gasteiger partial charge in [0.05, 0.1) is 11.6 Å². The number of carboxylic acids is 1. The Bertz CT molecular complexity index is 698. The van der Waals surface area contributed by atoms with Crippen molar-refractivity contribution in [2.24, 2.45) is 0 Å². The predicted molar refractivity (Wildman–Crippen MR) is 79.2 cm³/mol. The molecule has 1 aromatic heterocycles. The summed E-state index contributed by atoms with van der Waals surface area (Å²) < 4.78 is 0. The SMILES string of the molecule is Cc1ccc(C#N)cc1NCc1cc(C(=O)O)sc1C. The van der Waals surface area contributed by atoms with Crippen LogP contribution in [0.3, 0.4) is 0 Å². The van der Waals surface area contributed by atoms with Gasteiger partial charge in [0.15, 0.2) is 0 Å². The highest BCUT2D eigenvalue weighted by atomic mass is 32.1. The summed E-state index contributed by atoms with van der Waals surface area (Å²) in [4.78, 5) is 12.3. The minimum atomic E-state index is -0.896. The van der Waals surface area contributed by atoms with E-state index in [4.69, 9.17) is 10.4 Å². The van der Waals surface area contributed by atoms with Gasteiger partial charge in [-0.2, -0.15) is 5.26 Å². The first-order chi connectivity index (χ1) is 9.51. The summed E-state index contributed by atoms with van der Waals surface area (Å²) in [5.41, 5.74) is 3.52. The Morgan fingerprint density at radius 3 is 2.75 bits per heavy atom. The Hall–Kier alpha value is -2.32. The molecular formula is C15H14N2O2S. The number of hydrogen-bond donors (Lipinski definition) is 2. The number of nitrogens with zero attached hydrogens (tertiary/aromatic N) is 1. The molecule has 0 fully saturated rings. The van der Waals surface area contributed by atoms with E-state index in [2.05, 4.69) is 11.4 Å². The minimum Gasteiger partial charge on any atom is -0.477 e. The molecule has 0 aliphatic carbocycles. The fourth-order valence-electron chi connectivity index (χ4n) is 1.87. The van der Waals surface area contributed by atoms with Crippen molar-refractivity contribution < 1.29 is 9.90 Å². The number of carboxylic acid groups (broad SMARTS) is 1. The third kappa shape index (κ3) is 2.98. The van der Waals surface area contributed by atoms with Crippen molar-refractivity contribution in [1.82, 2.24) is 0 Å². The van der Waals surface area contributed by atoms with Crippen molar-refractivity contribution >= 4 is 23.0 Å². The third-order valence-corrected chi connectivity index (χ3v) is 4.15. The Kier molecular flexibility index (Phi) is 4.06. The van der Waals surface area contributed by atoms with Crippen LogP contribution in [0, 0.1) is 25.2 Å². The minimum absolute atomic E-state index is 0.349. The number of nitrogens with one attached hydrogen (secondary N) is 1. The van der Waals surface area contributed by atoms with Gasteiger partial charge in [0.25, 0.3) is 0 Å². The molecule has 1 heterocycles. The summed E-state index contributed by atoms with van der Waals surface area (Å²) in [5.74, 6) is -0.896. The Labute approximate surface area is 121 Å². The first-order valence-corrected chi connectivity index (χ1v) is 6.90. The van der Waals surface area contributed by atoms with Gasteiger partial charge in [0, 0.05) is 17.1 Å². The van der Waals surface area contributed by atoms with Crippen LogP contribution < -0.4 is 5.32 Å². The zero-order valence-corrected chi connectivity index (χ0v) is 12.0. The van der Waals surface area contributed by atoms with Crippen LogP contribution in [0.1, 0.15) is 31.2 Å². The quantitative estimate of drug-likeness (QED) is 0.901. The number of rotatable bonds is 4. The monoisotopic (exact) mass is 286 g/mol. The molecule has 102 valence electrons. The smallest absolute Gasteiger partial charge is 0.345 e. The lowest BCUT2D eigenvalue weighted by Gasteiger charge is -2.09. The third-order valence-electron chi connectivity index (χ3n) is 3.07. The van der Waals surface area contributed by atoms with Crippen LogP contribution in [0.5, 0.6) is 0 Å². The maximum absolute atomic E-state index is 10.9. The zero-order valence-electron chi connectivity index (χ0n) is 11.2. The van der Waals surface area contributed by atoms with E-state index < -0.39 is 5.97 Å². The normalized spacial score (nSPS) is 10.1. The summed E-state index contributed by atoms with van der Waals surface area (Å²) in [5, 5.41) is 21.1. The number of nitriles is 1. The second-order valence-electron chi connectivity index (χ2n) is 4.49. The molecule has 0 saturated heterocycles. The van der Waals surface area contributed by atoms with Gasteiger partial charge in [0.1, 0.15) is 4.88 Å². The number of hydrogen-bond acceptors (Lipinski definition) is 4. The van der Waals surface area contributed by atoms with Crippen molar-refractivity contribution in [1.29, 1.82) is 5.26 Å². The van der Waals surface area contributed by atoms with Crippen LogP contribution in [-0.4, -0.2) is 11.1 Å². The molecule has 20 heavy (non-hydrogen) atoms. The largest absolute Gasteiger partial charge is 0.477 e. The summed E-state index contributed by atoms with van der Waals surface area (Å²) in [7, 11) is 0. The van der Waals surface area contributed by atoms with Crippen molar-refractivity contribution in [2.75, 3.05) is 5.32 Å². The molecule has 2 aromatic rings. The first kappa shape index (κ1) is 14.1. The van der Waals surface area contributed by atoms with Crippen molar-refractivity contribution in [3.8, 4) is 6.07 Å². The van der Waals surface area contributed by atoms with E-state index in [1.165, 1.54) is 11.3 Å². The van der Waals surface area contributed by atoms with E-state index in [-0.39, 0.29) is 0 Å². The number of benzene rings is 1. The molecule has 0 atom stereocenters. The topological polar surface area (TPSA) is 73.1 Å². The second kappa shape index (κ2) is 5.76. The molecule has 0 amide bonds. The highest BCUT2D eigenvalue weighted by Crippen LogP contribution is 2.24. The summed E-state index contributed by atoms with van der Waals surface area (Å²) in [6.07, 6.45) is 0. The van der Waals surface area contributed by atoms with Gasteiger partial charge in [-0.1, -0.05) is 6.07 Å². The molecule has 5 heteroatoms. The lowest BCUT2D eigenvalue weighted by molar-refractivity contribution is 0.0702. The van der Waals surface area contributed by atoms with Crippen LogP contribution in [-0.2, 0) is 6.54 Å². The molecule has 0 aliphatic rings. The van der Waals surface area contributed by atoms with E-state index in [1.807, 2.05) is 19.9 Å². The van der Waals surface area contributed by atoms with E-state index in [9.17, 15) is 4.79 Å². The van der Waals surface area contributed by atoms with Crippen LogP contribution in [0.4, 0.5) is 5.69 Å². The standard InChI is InChI=1S/C15H14N2O2S/c1-9-3-4-11(7-16)5-13(9)17-8-12-6-14(15(18)19)20-10(12)2/h3-6,17H,8H2,1-2H3,(H,18,19). The molecule has 0 saturated carbocycles. The van der Waals surface area contributed by atoms with Gasteiger partial charge in [-0.3, -0.25) is 0 Å². The molecule has 2 rings (SSSR count). The van der Waals surface area contributed by atoms with Crippen molar-refractivity contribution in [3.63, 3.8) is 0 Å². The number of thiophene rings is 1. The zero-order chi connectivity index (χ0) is 14.7. The van der Waals surface area contributed by atoms with Gasteiger partial charge < -0.3 is 10.4 Å². The van der Waals surface area contributed by atoms with Gasteiger partial charge in [0.2, 0.25) is 0 Å². The van der Waals surface area contributed by atoms with Crippen LogP contribution >= 0.6 is 11.3 Å². The summed E-state index contributed by atoms with van der Waals surface area (Å²) in [6, 6.07) is 9.27. The fourth-order valence-corrected chi connectivity index (χ4v) is 2.75. The number of carbonyl (C=O) groups is 1. The highest BCUT2D eigenvalue weighted by Gasteiger charge is 2.11. The van der Waals surface area contributed by atoms with Crippen LogP contribution in [0.2, 0.25) is 0 Å². The van der Waals surface area contributed by atoms with Gasteiger partial charge >= 0.3 is 5.97 Å². The molecular weight excluding hydrogens is 272 g/mol. The lowest BCUT2D eigenvalue weighted by atomic mass is 10.1. The second-order valence-corrected chi connectivity index (χ2v) is 5.75. The molecule has 0 aliphatic heterocycles. The fraction of sp³-hybridized carbons (Fsp3) is 0.200. The maximum Gasteiger partial charge on any atom is 0.345 e. The Balaban J connectivity index is 2.17. The Morgan fingerprint density at radius 2 is 2.15 bits per heavy atom. The van der Waals surface area contributed by atoms with Gasteiger partial charge in [-0.25, -0.2) is 4.79 Å². The molecule has 1 aromatic carbocycles. The molecule has 0 spiro atoms. The summed E-state index contributed by atoms with van der Waals surface area (Å²) in [6.45, 7) is 4.42. The number of aryl methyl sites for hydroxylation is 2. The first-order valence-electron chi connectivity index (χ1n) is 6.08. The molecule has 2 N–H and O–H groups in total. The molecule has 0 radical (unpaired) electrons. The van der Waals surface area contributed by atoms with Crippen molar-refractivity contribution in [2.45, 2.75) is 20.4 Å². The lowest BCUT2D eigenvalue weighted by Crippen LogP contribution is -2.01. The number of aromatic carboxylic acids is 1. The number of anilines is 1. The Morgan fingerprint density at radius 1 is 1.40 bits per heavy atom. The summed E-state index contributed by atoms with van der Waals surface area (Å²) >= 11 is 1.28. The van der Waals surface area contributed by atoms with Gasteiger partial charge in [-0.05, 0) is 43.2 Å². The maximum atomic E-state index is 10.9. The molecule has 4 nitrogen and oxygen atoms in total. The van der Waals surface area contributed by atoms with E-state index in [0.29, 0.717) is 17.0 Å². The van der Waals surface area contributed by atoms with Crippen LogP contribution in [0.15, 0.2) is 24.3 Å². The van der Waals surface area contributed by atoms with Crippen molar-refractivity contribution in [3.05, 3.63) is 50.7 Å². The highest BCUT2D eigenvalue weighted by molar-refractivity contribution is 7.14. The van der Waals surface area contributed by atoms with E-state index in [1.54, 1.807) is 18.2 Å². The predicted octanol–water partition coefficient (Wildman–Crippen LogP) is 3.55. The average Bonchev–Trinajstić information content (AvgIpc) is 2.79. The molecule has 0 bridgehead atoms. The molecule has 0 unspecified atom stereocenters. The van der Waals surface area contributed by atoms with E-state index >= 15 is 0 Å². The van der Waals surface area contributed by atoms with Crippen LogP contribution in [0.25, 0.3) is 0 Å². The van der Waals surface area contributed by atoms with Gasteiger partial charge in [-0.15, -0.1) is 11.3 Å². The average molecular weight is 286 g/mol. The van der Waals surface area contributed by atoms with E-state index in [0.717, 1.165) is 21.7 Å².